The van der Waals surface area contributed by atoms with E-state index in [4.69, 9.17) is 4.74 Å². The monoisotopic (exact) mass is 252 g/mol. The first kappa shape index (κ1) is 13.0. The minimum Gasteiger partial charge on any atom is -0.373 e. The van der Waals surface area contributed by atoms with Crippen LogP contribution in [0.25, 0.3) is 0 Å². The van der Waals surface area contributed by atoms with Crippen molar-refractivity contribution in [2.45, 2.75) is 6.10 Å². The summed E-state index contributed by atoms with van der Waals surface area (Å²) in [4.78, 5) is 13.8. The van der Waals surface area contributed by atoms with Gasteiger partial charge in [0.2, 0.25) is 0 Å². The summed E-state index contributed by atoms with van der Waals surface area (Å²) in [6, 6.07) is 6.07. The van der Waals surface area contributed by atoms with Gasteiger partial charge in [0.05, 0.1) is 18.3 Å². The number of hydrogen-bond donors (Lipinski definition) is 1. The molecule has 1 aromatic carbocycles. The molecule has 1 aliphatic heterocycles. The number of hydrogen-bond acceptors (Lipinski definition) is 3. The summed E-state index contributed by atoms with van der Waals surface area (Å²) in [5.74, 6) is -0.739. The lowest BCUT2D eigenvalue weighted by molar-refractivity contribution is -0.0197. The Bertz CT molecular complexity index is 423. The van der Waals surface area contributed by atoms with Crippen molar-refractivity contribution in [3.05, 3.63) is 35.6 Å². The van der Waals surface area contributed by atoms with Crippen molar-refractivity contribution in [2.24, 2.45) is 0 Å². The van der Waals surface area contributed by atoms with Gasteiger partial charge in [-0.1, -0.05) is 12.1 Å². The first-order chi connectivity index (χ1) is 8.72. The topological polar surface area (TPSA) is 41.6 Å². The highest BCUT2D eigenvalue weighted by Crippen LogP contribution is 2.13. The second-order valence-corrected chi connectivity index (χ2v) is 4.28. The maximum atomic E-state index is 13.5. The lowest BCUT2D eigenvalue weighted by Gasteiger charge is -2.33. The standard InChI is InChI=1S/C13H17FN2O2/c1-15-8-10-9-16(6-7-18-10)13(17)11-4-2-3-5-12(11)14/h2-5,10,15H,6-9H2,1H3. The number of amides is 1. The minimum atomic E-state index is -0.473. The van der Waals surface area contributed by atoms with Gasteiger partial charge in [0.25, 0.3) is 5.91 Å². The van der Waals surface area contributed by atoms with Crippen LogP contribution in [0.3, 0.4) is 0 Å². The Labute approximate surface area is 106 Å². The van der Waals surface area contributed by atoms with Crippen molar-refractivity contribution in [3.63, 3.8) is 0 Å². The van der Waals surface area contributed by atoms with Gasteiger partial charge in [-0.3, -0.25) is 4.79 Å². The van der Waals surface area contributed by atoms with Gasteiger partial charge >= 0.3 is 0 Å². The Morgan fingerprint density at radius 1 is 1.56 bits per heavy atom. The predicted octanol–water partition coefficient (Wildman–Crippen LogP) is 0.886. The fraction of sp³-hybridized carbons (Fsp3) is 0.462. The van der Waals surface area contributed by atoms with Gasteiger partial charge in [-0.25, -0.2) is 4.39 Å². The number of benzene rings is 1. The van der Waals surface area contributed by atoms with Gasteiger partial charge in [-0.2, -0.15) is 0 Å². The third-order valence-corrected chi connectivity index (χ3v) is 2.96. The quantitative estimate of drug-likeness (QED) is 0.868. The zero-order valence-corrected chi connectivity index (χ0v) is 10.4. The van der Waals surface area contributed by atoms with Gasteiger partial charge < -0.3 is 15.0 Å². The molecule has 1 fully saturated rings. The number of carbonyl (C=O) groups is 1. The van der Waals surface area contributed by atoms with E-state index in [1.165, 1.54) is 12.1 Å². The van der Waals surface area contributed by atoms with Crippen molar-refractivity contribution in [2.75, 3.05) is 33.3 Å². The molecule has 1 atom stereocenters. The van der Waals surface area contributed by atoms with Crippen molar-refractivity contribution >= 4 is 5.91 Å². The van der Waals surface area contributed by atoms with E-state index in [-0.39, 0.29) is 17.6 Å². The smallest absolute Gasteiger partial charge is 0.256 e. The summed E-state index contributed by atoms with van der Waals surface area (Å²) in [5.41, 5.74) is 0.127. The van der Waals surface area contributed by atoms with Crippen LogP contribution in [-0.2, 0) is 4.74 Å². The molecule has 1 heterocycles. The second-order valence-electron chi connectivity index (χ2n) is 4.28. The molecule has 1 aliphatic rings. The molecule has 1 unspecified atom stereocenters. The van der Waals surface area contributed by atoms with Crippen LogP contribution in [0.5, 0.6) is 0 Å². The molecule has 1 aromatic rings. The first-order valence-corrected chi connectivity index (χ1v) is 6.02. The Kier molecular flexibility index (Phi) is 4.28. The summed E-state index contributed by atoms with van der Waals surface area (Å²) in [6.45, 7) is 2.18. The number of nitrogens with zero attached hydrogens (tertiary/aromatic N) is 1. The zero-order chi connectivity index (χ0) is 13.0. The van der Waals surface area contributed by atoms with Gasteiger partial charge in [0.1, 0.15) is 5.82 Å². The third kappa shape index (κ3) is 2.86. The van der Waals surface area contributed by atoms with Crippen LogP contribution >= 0.6 is 0 Å². The predicted molar refractivity (Wildman–Crippen MR) is 66.0 cm³/mol. The molecule has 0 aliphatic carbocycles. The number of morpholine rings is 1. The third-order valence-electron chi connectivity index (χ3n) is 2.96. The molecule has 2 rings (SSSR count). The van der Waals surface area contributed by atoms with Crippen LogP contribution in [0.1, 0.15) is 10.4 Å². The molecule has 1 N–H and O–H groups in total. The molecule has 0 bridgehead atoms. The zero-order valence-electron chi connectivity index (χ0n) is 10.4. The maximum Gasteiger partial charge on any atom is 0.256 e. The van der Waals surface area contributed by atoms with Gasteiger partial charge in [0, 0.05) is 19.6 Å². The molecule has 98 valence electrons. The SMILES string of the molecule is CNCC1CN(C(=O)c2ccccc2F)CCO1. The number of likely N-dealkylation sites (N-methyl/N-ethyl adjacent to an activating group) is 1. The molecule has 0 radical (unpaired) electrons. The van der Waals surface area contributed by atoms with Crippen molar-refractivity contribution < 1.29 is 13.9 Å². The van der Waals surface area contributed by atoms with E-state index < -0.39 is 5.82 Å². The molecule has 18 heavy (non-hydrogen) atoms. The lowest BCUT2D eigenvalue weighted by atomic mass is 10.1. The van der Waals surface area contributed by atoms with Gasteiger partial charge in [0.15, 0.2) is 0 Å². The van der Waals surface area contributed by atoms with Crippen LogP contribution in [-0.4, -0.2) is 50.2 Å². The molecule has 0 aromatic heterocycles. The number of nitrogens with one attached hydrogen (secondary N) is 1. The summed E-state index contributed by atoms with van der Waals surface area (Å²) in [7, 11) is 1.83. The Morgan fingerprint density at radius 2 is 2.33 bits per heavy atom. The van der Waals surface area contributed by atoms with Gasteiger partial charge in [-0.15, -0.1) is 0 Å². The highest BCUT2D eigenvalue weighted by Gasteiger charge is 2.25. The molecule has 1 amide bonds. The molecule has 0 spiro atoms. The summed E-state index contributed by atoms with van der Waals surface area (Å²) < 4.78 is 19.1. The van der Waals surface area contributed by atoms with Crippen LogP contribution in [0.4, 0.5) is 4.39 Å². The highest BCUT2D eigenvalue weighted by molar-refractivity contribution is 5.94. The summed E-state index contributed by atoms with van der Waals surface area (Å²) in [5, 5.41) is 3.01. The number of ether oxygens (including phenoxy) is 1. The molecule has 4 nitrogen and oxygen atoms in total. The normalized spacial score (nSPS) is 19.9. The average molecular weight is 252 g/mol. The van der Waals surface area contributed by atoms with E-state index in [0.717, 1.165) is 0 Å². The van der Waals surface area contributed by atoms with E-state index in [1.807, 2.05) is 7.05 Å². The Hall–Kier alpha value is -1.46. The minimum absolute atomic E-state index is 0.0283. The number of carbonyl (C=O) groups excluding carboxylic acids is 1. The molecule has 0 saturated carbocycles. The largest absolute Gasteiger partial charge is 0.373 e. The summed E-state index contributed by atoms with van der Waals surface area (Å²) >= 11 is 0. The average Bonchev–Trinajstić information content (AvgIpc) is 2.39. The molecular formula is C13H17FN2O2. The first-order valence-electron chi connectivity index (χ1n) is 6.02. The van der Waals surface area contributed by atoms with E-state index in [2.05, 4.69) is 5.32 Å². The van der Waals surface area contributed by atoms with Crippen molar-refractivity contribution in [1.82, 2.24) is 10.2 Å². The summed E-state index contributed by atoms with van der Waals surface area (Å²) in [6.07, 6.45) is -0.0283. The second kappa shape index (κ2) is 5.93. The Balaban J connectivity index is 2.07. The molecule has 1 saturated heterocycles. The number of halogens is 1. The van der Waals surface area contributed by atoms with Gasteiger partial charge in [-0.05, 0) is 19.2 Å². The fourth-order valence-electron chi connectivity index (χ4n) is 2.06. The van der Waals surface area contributed by atoms with Crippen LogP contribution in [0, 0.1) is 5.82 Å². The Morgan fingerprint density at radius 3 is 3.06 bits per heavy atom. The highest BCUT2D eigenvalue weighted by atomic mass is 19.1. The van der Waals surface area contributed by atoms with Crippen molar-refractivity contribution in [1.29, 1.82) is 0 Å². The fourth-order valence-corrected chi connectivity index (χ4v) is 2.06. The van der Waals surface area contributed by atoms with Crippen molar-refractivity contribution in [3.8, 4) is 0 Å². The maximum absolute atomic E-state index is 13.5. The van der Waals surface area contributed by atoms with E-state index >= 15 is 0 Å². The van der Waals surface area contributed by atoms with Crippen LogP contribution < -0.4 is 5.32 Å². The van der Waals surface area contributed by atoms with E-state index in [1.54, 1.807) is 17.0 Å². The van der Waals surface area contributed by atoms with Crippen LogP contribution in [0.2, 0.25) is 0 Å². The van der Waals surface area contributed by atoms with E-state index in [9.17, 15) is 9.18 Å². The van der Waals surface area contributed by atoms with Crippen LogP contribution in [0.15, 0.2) is 24.3 Å². The lowest BCUT2D eigenvalue weighted by Crippen LogP contribution is -2.48. The molecular weight excluding hydrogens is 235 g/mol. The molecule has 5 heteroatoms. The number of rotatable bonds is 3. The van der Waals surface area contributed by atoms with E-state index in [0.29, 0.717) is 26.2 Å².